The Morgan fingerprint density at radius 3 is 2.60 bits per heavy atom. The minimum Gasteiger partial charge on any atom is -0.444 e. The maximum atomic E-state index is 13.3. The van der Waals surface area contributed by atoms with Crippen molar-refractivity contribution in [2.24, 2.45) is 0 Å². The van der Waals surface area contributed by atoms with E-state index in [1.54, 1.807) is 9.80 Å². The van der Waals surface area contributed by atoms with Crippen molar-refractivity contribution >= 4 is 34.6 Å². The molecule has 2 aliphatic heterocycles. The van der Waals surface area contributed by atoms with Gasteiger partial charge in [0.1, 0.15) is 22.0 Å². The zero-order valence-electron chi connectivity index (χ0n) is 23.9. The number of hydrogen-bond donors (Lipinski definition) is 2. The van der Waals surface area contributed by atoms with Crippen molar-refractivity contribution in [3.8, 4) is 11.1 Å². The Bertz CT molecular complexity index is 1470. The van der Waals surface area contributed by atoms with Crippen LogP contribution >= 0.6 is 11.6 Å². The Morgan fingerprint density at radius 2 is 1.90 bits per heavy atom. The van der Waals surface area contributed by atoms with Crippen molar-refractivity contribution in [1.29, 1.82) is 0 Å². The number of aliphatic hydroxyl groups is 1. The van der Waals surface area contributed by atoms with Crippen LogP contribution in [0.4, 0.5) is 4.79 Å². The number of aromatic nitrogens is 2. The summed E-state index contributed by atoms with van der Waals surface area (Å²) in [6.45, 7) is 12.4. The lowest BCUT2D eigenvalue weighted by Gasteiger charge is -2.40. The molecule has 5 rings (SSSR count). The number of H-pyrrole nitrogens is 1. The summed E-state index contributed by atoms with van der Waals surface area (Å²) in [5.74, 6) is -0.327. The van der Waals surface area contributed by atoms with Gasteiger partial charge in [0.25, 0.3) is 5.91 Å². The molecule has 9 nitrogen and oxygen atoms in total. The van der Waals surface area contributed by atoms with Crippen LogP contribution in [0.2, 0.25) is 5.15 Å². The van der Waals surface area contributed by atoms with E-state index < -0.39 is 23.3 Å². The maximum Gasteiger partial charge on any atom is 0.410 e. The topological polar surface area (TPSA) is 108 Å². The lowest BCUT2D eigenvalue weighted by molar-refractivity contribution is -0.148. The number of pyridine rings is 1. The van der Waals surface area contributed by atoms with Gasteiger partial charge in [-0.3, -0.25) is 9.69 Å². The van der Waals surface area contributed by atoms with Crippen LogP contribution in [0.25, 0.3) is 22.2 Å². The molecule has 3 aromatic rings. The molecule has 2 amide bonds. The molecular weight excluding hydrogens is 532 g/mol. The summed E-state index contributed by atoms with van der Waals surface area (Å²) in [5.41, 5.74) is 4.36. The van der Waals surface area contributed by atoms with Gasteiger partial charge >= 0.3 is 6.09 Å². The van der Waals surface area contributed by atoms with Gasteiger partial charge in [-0.15, -0.1) is 0 Å². The highest BCUT2D eigenvalue weighted by molar-refractivity contribution is 6.31. The number of ether oxygens (including phenoxy) is 2. The quantitative estimate of drug-likeness (QED) is 0.452. The predicted molar refractivity (Wildman–Crippen MR) is 153 cm³/mol. The summed E-state index contributed by atoms with van der Waals surface area (Å²) in [6.07, 6.45) is 2.03. The number of benzene rings is 1. The molecule has 0 unspecified atom stereocenters. The Balaban J connectivity index is 1.63. The van der Waals surface area contributed by atoms with E-state index in [-0.39, 0.29) is 5.91 Å². The highest BCUT2D eigenvalue weighted by atomic mass is 35.5. The number of nitrogens with one attached hydrogen (secondary N) is 1. The van der Waals surface area contributed by atoms with Crippen LogP contribution in [-0.2, 0) is 27.2 Å². The largest absolute Gasteiger partial charge is 0.444 e. The normalized spacial score (nSPS) is 18.1. The maximum absolute atomic E-state index is 13.3. The molecule has 4 heterocycles. The number of hydrogen-bond acceptors (Lipinski definition) is 6. The Morgan fingerprint density at radius 1 is 1.15 bits per heavy atom. The zero-order valence-corrected chi connectivity index (χ0v) is 24.7. The predicted octanol–water partition coefficient (Wildman–Crippen LogP) is 5.16. The smallest absolute Gasteiger partial charge is 0.410 e. The third-order valence-corrected chi connectivity index (χ3v) is 7.86. The minimum absolute atomic E-state index is 0.304. The molecule has 2 N–H and O–H groups in total. The monoisotopic (exact) mass is 568 g/mol. The summed E-state index contributed by atoms with van der Waals surface area (Å²) < 4.78 is 11.7. The number of aromatic amines is 1. The molecule has 10 heteroatoms. The number of nitrogens with zero attached hydrogens (tertiary/aromatic N) is 3. The van der Waals surface area contributed by atoms with Crippen molar-refractivity contribution in [2.75, 3.05) is 26.3 Å². The average molecular weight is 569 g/mol. The second-order valence-corrected chi connectivity index (χ2v) is 12.6. The number of carbonyl (C=O) groups is 2. The second-order valence-electron chi connectivity index (χ2n) is 12.2. The molecule has 1 fully saturated rings. The number of halogens is 1. The van der Waals surface area contributed by atoms with Crippen LogP contribution in [0.5, 0.6) is 0 Å². The molecule has 0 spiro atoms. The number of aryl methyl sites for hydroxylation is 1. The number of amides is 2. The number of rotatable bonds is 3. The fourth-order valence-electron chi connectivity index (χ4n) is 5.45. The molecule has 0 saturated carbocycles. The third kappa shape index (κ3) is 5.55. The van der Waals surface area contributed by atoms with E-state index in [0.29, 0.717) is 44.4 Å². The van der Waals surface area contributed by atoms with Gasteiger partial charge in [0.05, 0.1) is 19.3 Å². The van der Waals surface area contributed by atoms with E-state index in [2.05, 4.69) is 28.2 Å². The highest BCUT2D eigenvalue weighted by Crippen LogP contribution is 2.38. The summed E-state index contributed by atoms with van der Waals surface area (Å²) in [4.78, 5) is 37.5. The first-order valence-electron chi connectivity index (χ1n) is 13.6. The summed E-state index contributed by atoms with van der Waals surface area (Å²) in [6, 6.07) is 5.87. The molecule has 2 aliphatic rings. The van der Waals surface area contributed by atoms with E-state index >= 15 is 0 Å². The average Bonchev–Trinajstić information content (AvgIpc) is 3.18. The highest BCUT2D eigenvalue weighted by Gasteiger charge is 2.37. The molecule has 0 radical (unpaired) electrons. The van der Waals surface area contributed by atoms with Crippen molar-refractivity contribution < 1.29 is 24.2 Å². The summed E-state index contributed by atoms with van der Waals surface area (Å²) >= 11 is 6.33. The Hall–Kier alpha value is -3.14. The lowest BCUT2D eigenvalue weighted by Crippen LogP contribution is -2.48. The first kappa shape index (κ1) is 28.4. The van der Waals surface area contributed by atoms with Crippen LogP contribution in [0, 0.1) is 6.92 Å². The van der Waals surface area contributed by atoms with Crippen molar-refractivity contribution in [3.05, 3.63) is 51.8 Å². The summed E-state index contributed by atoms with van der Waals surface area (Å²) in [5, 5.41) is 11.9. The first-order chi connectivity index (χ1) is 18.7. The van der Waals surface area contributed by atoms with E-state index in [0.717, 1.165) is 44.4 Å². The second kappa shape index (κ2) is 10.4. The van der Waals surface area contributed by atoms with Crippen LogP contribution in [0.3, 0.4) is 0 Å². The first-order valence-corrected chi connectivity index (χ1v) is 14.0. The molecule has 40 heavy (non-hydrogen) atoms. The van der Waals surface area contributed by atoms with Gasteiger partial charge in [-0.05, 0) is 87.9 Å². The van der Waals surface area contributed by atoms with Gasteiger partial charge in [-0.2, -0.15) is 0 Å². The molecule has 214 valence electrons. The van der Waals surface area contributed by atoms with E-state index in [1.165, 1.54) is 13.8 Å². The minimum atomic E-state index is -1.48. The van der Waals surface area contributed by atoms with Crippen LogP contribution in [0.1, 0.15) is 62.9 Å². The van der Waals surface area contributed by atoms with E-state index in [1.807, 2.05) is 33.9 Å². The zero-order chi connectivity index (χ0) is 29.0. The Kier molecular flexibility index (Phi) is 7.35. The van der Waals surface area contributed by atoms with Gasteiger partial charge in [0, 0.05) is 36.8 Å². The molecular formula is C30H37ClN4O5. The van der Waals surface area contributed by atoms with Crippen LogP contribution in [0.15, 0.2) is 24.4 Å². The summed E-state index contributed by atoms with van der Waals surface area (Å²) in [7, 11) is 0. The van der Waals surface area contributed by atoms with Gasteiger partial charge in [0.2, 0.25) is 0 Å². The van der Waals surface area contributed by atoms with Gasteiger partial charge in [-0.25, -0.2) is 9.78 Å². The van der Waals surface area contributed by atoms with Crippen LogP contribution < -0.4 is 0 Å². The van der Waals surface area contributed by atoms with Crippen molar-refractivity contribution in [3.63, 3.8) is 0 Å². The SMILES string of the molecule is Cc1c(Cl)[nH]c2ncc(-c3cc4c(c([C@@H]5COCCN5C(=O)OC(C)(C)C)c3)CN(C(=O)C(C)(C)O)CC4)cc12. The molecule has 0 bridgehead atoms. The number of fused-ring (bicyclic) bond motifs is 2. The molecule has 0 aliphatic carbocycles. The van der Waals surface area contributed by atoms with Gasteiger partial charge < -0.3 is 24.5 Å². The van der Waals surface area contributed by atoms with Crippen molar-refractivity contribution in [1.82, 2.24) is 19.8 Å². The lowest BCUT2D eigenvalue weighted by atomic mass is 9.86. The van der Waals surface area contributed by atoms with Gasteiger partial charge in [0.15, 0.2) is 0 Å². The molecule has 1 atom stereocenters. The number of carbonyl (C=O) groups excluding carboxylic acids is 2. The Labute approximate surface area is 239 Å². The molecule has 2 aromatic heterocycles. The van der Waals surface area contributed by atoms with Gasteiger partial charge in [-0.1, -0.05) is 17.7 Å². The van der Waals surface area contributed by atoms with E-state index in [9.17, 15) is 14.7 Å². The van der Waals surface area contributed by atoms with Crippen LogP contribution in [-0.4, -0.2) is 74.4 Å². The molecule has 1 aromatic carbocycles. The van der Waals surface area contributed by atoms with E-state index in [4.69, 9.17) is 21.1 Å². The third-order valence-electron chi connectivity index (χ3n) is 7.49. The van der Waals surface area contributed by atoms with Crippen molar-refractivity contribution in [2.45, 2.75) is 71.8 Å². The fourth-order valence-corrected chi connectivity index (χ4v) is 5.64. The number of morpholine rings is 1. The molecule has 1 saturated heterocycles. The fraction of sp³-hybridized carbons (Fsp3) is 0.500. The standard InChI is InChI=1S/C30H37ClN4O5/c1-17-21-13-20(14-32-26(21)33-25(17)31)19-11-18-7-8-34(27(36)30(5,6)38)15-23(18)22(12-19)24-16-39-10-9-35(24)28(37)40-29(2,3)4/h11-14,24,38H,7-10,15-16H2,1-6H3,(H,32,33)/t24-/m0/s1.